The highest BCUT2D eigenvalue weighted by molar-refractivity contribution is 5.91. The van der Waals surface area contributed by atoms with Gasteiger partial charge in [0.05, 0.1) is 24.2 Å². The normalized spacial score (nSPS) is 12.2. The number of hydrogen-bond acceptors (Lipinski definition) is 16. The molecule has 0 saturated carbocycles. The first-order valence-corrected chi connectivity index (χ1v) is 26.0. The Labute approximate surface area is 518 Å². The summed E-state index contributed by atoms with van der Waals surface area (Å²) >= 11 is 0. The van der Waals surface area contributed by atoms with Crippen LogP contribution in [-0.2, 0) is 33.6 Å². The maximum atomic E-state index is 13.7. The first-order valence-electron chi connectivity index (χ1n) is 26.0. The van der Waals surface area contributed by atoms with Crippen LogP contribution in [0.3, 0.4) is 0 Å². The van der Waals surface area contributed by atoms with Crippen LogP contribution in [0.4, 0.5) is 0 Å². The van der Waals surface area contributed by atoms with Gasteiger partial charge in [-0.15, -0.1) is 99.3 Å². The van der Waals surface area contributed by atoms with Crippen LogP contribution in [0.1, 0.15) is 141 Å². The van der Waals surface area contributed by atoms with Gasteiger partial charge >= 0.3 is 0 Å². The fourth-order valence-corrected chi connectivity index (χ4v) is 7.36. The zero-order chi connectivity index (χ0) is 53.1. The summed E-state index contributed by atoms with van der Waals surface area (Å²) < 4.78 is 0. The van der Waals surface area contributed by atoms with Crippen LogP contribution in [0.25, 0.3) is 10.4 Å². The lowest BCUT2D eigenvalue weighted by Crippen LogP contribution is -2.53. The van der Waals surface area contributed by atoms with E-state index >= 15 is 0 Å². The molecule has 33 heteroatoms. The summed E-state index contributed by atoms with van der Waals surface area (Å²) in [5, 5.41) is 20.4. The maximum Gasteiger partial charge on any atom is 0.242 e. The zero-order valence-electron chi connectivity index (χ0n) is 45.8. The fourth-order valence-electron chi connectivity index (χ4n) is 7.36. The van der Waals surface area contributed by atoms with Crippen LogP contribution < -0.4 is 77.8 Å². The molecule has 0 unspecified atom stereocenters. The van der Waals surface area contributed by atoms with Gasteiger partial charge in [-0.3, -0.25) is 33.6 Å². The molecule has 0 aromatic carbocycles. The number of azide groups is 1. The number of rotatable bonds is 46. The van der Waals surface area contributed by atoms with E-state index in [1.54, 1.807) is 0 Å². The highest BCUT2D eigenvalue weighted by atomic mass is 35.5. The van der Waals surface area contributed by atoms with E-state index in [9.17, 15) is 33.6 Å². The van der Waals surface area contributed by atoms with Crippen LogP contribution in [-0.4, -0.2) is 154 Å². The van der Waals surface area contributed by atoms with E-state index in [1.165, 1.54) is 4.90 Å². The Balaban J connectivity index is -0.000000875. The van der Waals surface area contributed by atoms with Crippen molar-refractivity contribution in [2.75, 3.05) is 72.0 Å². The molecular weight excluding hydrogens is 1200 g/mol. The van der Waals surface area contributed by atoms with Crippen molar-refractivity contribution >= 4 is 141 Å². The van der Waals surface area contributed by atoms with E-state index in [4.69, 9.17) is 51.4 Å². The quantitative estimate of drug-likeness (QED) is 0.0178. The number of hydrogen-bond donors (Lipinski definition) is 14. The molecule has 0 fully saturated rings. The Bertz CT molecular complexity index is 1490. The monoisotopic (exact) mass is 1300 g/mol. The number of carbonyl (C=O) groups excluding carboxylic acids is 7. The average Bonchev–Trinajstić information content (AvgIpc) is 3.35. The molecule has 79 heavy (non-hydrogen) atoms. The van der Waals surface area contributed by atoms with Gasteiger partial charge in [0.1, 0.15) is 12.1 Å². The number of unbranched alkanes of at least 4 members (excludes halogenated alkanes) is 8. The van der Waals surface area contributed by atoms with E-state index < -0.39 is 59.9 Å². The molecule has 0 aliphatic carbocycles. The Hall–Kier alpha value is -2.40. The number of carbonyl (C=O) groups is 7. The number of amides is 7. The minimum Gasteiger partial charge on any atom is -0.355 e. The molecule has 474 valence electrons. The van der Waals surface area contributed by atoms with Crippen LogP contribution in [0, 0.1) is 0 Å². The molecule has 0 aromatic heterocycles. The van der Waals surface area contributed by atoms with Gasteiger partial charge in [0.25, 0.3) is 0 Å². The predicted octanol–water partition coefficient (Wildman–Crippen LogP) is 1.66. The molecule has 0 aliphatic heterocycles. The minimum absolute atomic E-state index is 0. The van der Waals surface area contributed by atoms with E-state index in [-0.39, 0.29) is 162 Å². The molecular formula is C46H102Cl8N18O7. The van der Waals surface area contributed by atoms with Crippen molar-refractivity contribution in [2.45, 2.75) is 178 Å². The second-order valence-electron chi connectivity index (χ2n) is 18.0. The van der Waals surface area contributed by atoms with Gasteiger partial charge in [0.2, 0.25) is 41.4 Å². The summed E-state index contributed by atoms with van der Waals surface area (Å²) in [6, 6.07) is -4.93. The molecule has 0 rings (SSSR count). The van der Waals surface area contributed by atoms with Crippen LogP contribution >= 0.6 is 99.3 Å². The molecule has 0 aromatic rings. The van der Waals surface area contributed by atoms with Crippen molar-refractivity contribution in [3.8, 4) is 0 Å². The third-order valence-electron chi connectivity index (χ3n) is 11.9. The first-order chi connectivity index (χ1) is 34.2. The average molecular weight is 1300 g/mol. The minimum atomic E-state index is -0.960. The lowest BCUT2D eigenvalue weighted by molar-refractivity contribution is -0.133. The van der Waals surface area contributed by atoms with Crippen molar-refractivity contribution in [3.05, 3.63) is 10.4 Å². The molecule has 0 bridgehead atoms. The summed E-state index contributed by atoms with van der Waals surface area (Å²) in [5.41, 5.74) is 55.2. The lowest BCUT2D eigenvalue weighted by Gasteiger charge is -2.26. The van der Waals surface area contributed by atoms with Gasteiger partial charge in [-0.25, -0.2) is 0 Å². The lowest BCUT2D eigenvalue weighted by atomic mass is 10.1. The summed E-state index contributed by atoms with van der Waals surface area (Å²) in [4.78, 5) is 96.3. The van der Waals surface area contributed by atoms with E-state index in [1.807, 2.05) is 0 Å². The summed E-state index contributed by atoms with van der Waals surface area (Å²) in [5.74, 6) is -2.73. The topological polar surface area (TPSA) is 452 Å². The van der Waals surface area contributed by atoms with Crippen molar-refractivity contribution < 1.29 is 33.6 Å². The second-order valence-corrected chi connectivity index (χ2v) is 18.0. The van der Waals surface area contributed by atoms with E-state index in [0.717, 1.165) is 25.7 Å². The van der Waals surface area contributed by atoms with Crippen molar-refractivity contribution in [3.63, 3.8) is 0 Å². The number of nitrogens with one attached hydrogen (secondary N) is 6. The molecule has 0 saturated heterocycles. The van der Waals surface area contributed by atoms with Gasteiger partial charge in [-0.1, -0.05) is 37.2 Å². The fraction of sp³-hybridized carbons (Fsp3) is 0.848. The Morgan fingerprint density at radius 2 is 0.709 bits per heavy atom. The molecule has 0 heterocycles. The summed E-state index contributed by atoms with van der Waals surface area (Å²) in [6.45, 7) is 3.07. The Morgan fingerprint density at radius 1 is 0.392 bits per heavy atom. The van der Waals surface area contributed by atoms with Crippen LogP contribution in [0.2, 0.25) is 0 Å². The third-order valence-corrected chi connectivity index (χ3v) is 11.9. The Morgan fingerprint density at radius 3 is 1.04 bits per heavy atom. The van der Waals surface area contributed by atoms with Crippen molar-refractivity contribution in [2.24, 2.45) is 51.0 Å². The third kappa shape index (κ3) is 51.0. The molecule has 7 amide bonds. The summed E-state index contributed by atoms with van der Waals surface area (Å²) in [6.07, 6.45) is 11.8. The van der Waals surface area contributed by atoms with Crippen LogP contribution in [0.5, 0.6) is 0 Å². The smallest absolute Gasteiger partial charge is 0.242 e. The number of halogens is 8. The van der Waals surface area contributed by atoms with Crippen molar-refractivity contribution in [1.29, 1.82) is 0 Å². The van der Waals surface area contributed by atoms with E-state index in [2.05, 4.69) is 41.9 Å². The summed E-state index contributed by atoms with van der Waals surface area (Å²) in [7, 11) is 0. The predicted molar refractivity (Wildman–Crippen MR) is 334 cm³/mol. The number of nitrogens with zero attached hydrogens (tertiary/aromatic N) is 4. The van der Waals surface area contributed by atoms with Crippen molar-refractivity contribution in [1.82, 2.24) is 36.8 Å². The molecule has 0 spiro atoms. The molecule has 0 aliphatic rings. The first kappa shape index (κ1) is 95.8. The van der Waals surface area contributed by atoms with Gasteiger partial charge in [-0.05, 0) is 134 Å². The second kappa shape index (κ2) is 64.8. The molecule has 0 radical (unpaired) electrons. The molecule has 6 atom stereocenters. The number of nitrogens with two attached hydrogens (primary N) is 8. The van der Waals surface area contributed by atoms with Gasteiger partial charge in [0, 0.05) is 57.1 Å². The largest absolute Gasteiger partial charge is 0.355 e. The maximum absolute atomic E-state index is 13.7. The highest BCUT2D eigenvalue weighted by Gasteiger charge is 2.26. The molecule has 22 N–H and O–H groups in total. The van der Waals surface area contributed by atoms with Gasteiger partial charge in [-0.2, -0.15) is 0 Å². The zero-order valence-corrected chi connectivity index (χ0v) is 52.4. The van der Waals surface area contributed by atoms with Crippen LogP contribution in [0.15, 0.2) is 5.11 Å². The standard InChI is InChI=1S/C46H94N18O7.8ClH/c47-23-9-3-16-34(51)41(66)56-27-14-7-20-38(61-43(68)36(53)18-5-11-25-49)45(70)58-30-32-64(40(65)22-2-1-13-29-60-63-55)33-31-59-46(71)39(62-44(69)37(54)19-6-12-26-50)21-8-15-28-57-42(67)35(52)17-4-10-24-48;;;;;;;;/h34-39H,1-33,47-54H2,(H,56,66)(H,57,67)(H,58,70)(H,59,71)(H,61,68)(H,62,69);8*1H/t34-,35-,36-,37-,38-,39-;;;;;;;;/m0......../s1. The van der Waals surface area contributed by atoms with E-state index in [0.29, 0.717) is 142 Å². The SMILES string of the molecule is Cl.Cl.Cl.Cl.Cl.Cl.Cl.Cl.[N-]=[N+]=NCCCCCC(=O)N(CCNC(=O)[C@H](CCCCNC(=O)[C@@H](N)CCCCN)NC(=O)[C@@H](N)CCCCN)CCNC(=O)[C@H](CCCCNC(=O)[C@@H](N)CCCCN)NC(=O)[C@@H](N)CCCCN. The Kier molecular flexibility index (Phi) is 78.5. The van der Waals surface area contributed by atoms with Gasteiger partial charge in [0.15, 0.2) is 0 Å². The molecule has 25 nitrogen and oxygen atoms in total. The highest BCUT2D eigenvalue weighted by Crippen LogP contribution is 2.09. The van der Waals surface area contributed by atoms with Gasteiger partial charge < -0.3 is 82.7 Å².